The number of Topliss-reactive ketones (excluding diaryl/α,β-unsaturated/α-hetero) is 1. The molecule has 1 aromatic rings. The molecule has 0 amide bonds. The average Bonchev–Trinajstić information content (AvgIpc) is 2.61. The van der Waals surface area contributed by atoms with Gasteiger partial charge >= 0.3 is 5.97 Å². The Morgan fingerprint density at radius 2 is 1.93 bits per heavy atom. The standard InChI is InChI=1S/C21H27NO5/c1-6-7-15(22-13-8-10-14(26-4)11-9-13)17-16(23)12-21(2,3)18(19(17)24)20(25)27-5/h7-11,18,22,24H,6,12H2,1-5H3/b15-7-/t18-/m0/s1. The van der Waals surface area contributed by atoms with E-state index in [0.29, 0.717) is 17.9 Å². The first-order valence-electron chi connectivity index (χ1n) is 8.91. The number of hydrogen-bond donors (Lipinski definition) is 2. The number of methoxy groups -OCH3 is 2. The van der Waals surface area contributed by atoms with Crippen LogP contribution in [0.25, 0.3) is 0 Å². The number of allylic oxidation sites excluding steroid dienone is 2. The number of esters is 1. The molecule has 0 fully saturated rings. The van der Waals surface area contributed by atoms with E-state index in [1.807, 2.05) is 25.1 Å². The number of hydrogen-bond acceptors (Lipinski definition) is 6. The highest BCUT2D eigenvalue weighted by atomic mass is 16.5. The molecule has 0 radical (unpaired) electrons. The first kappa shape index (κ1) is 20.6. The third kappa shape index (κ3) is 4.32. The average molecular weight is 373 g/mol. The minimum atomic E-state index is -0.895. The van der Waals surface area contributed by atoms with Crippen LogP contribution in [-0.4, -0.2) is 31.1 Å². The molecule has 1 aliphatic rings. The van der Waals surface area contributed by atoms with Crippen LogP contribution in [0.3, 0.4) is 0 Å². The number of aliphatic hydroxyl groups excluding tert-OH is 1. The van der Waals surface area contributed by atoms with Crippen LogP contribution in [0.15, 0.2) is 47.4 Å². The summed E-state index contributed by atoms with van der Waals surface area (Å²) in [5.74, 6) is -1.19. The molecule has 0 unspecified atom stereocenters. The Morgan fingerprint density at radius 1 is 1.30 bits per heavy atom. The second-order valence-electron chi connectivity index (χ2n) is 7.18. The number of rotatable bonds is 6. The topological polar surface area (TPSA) is 84.9 Å². The lowest BCUT2D eigenvalue weighted by Crippen LogP contribution is -2.41. The zero-order valence-corrected chi connectivity index (χ0v) is 16.5. The minimum absolute atomic E-state index is 0.136. The Kier molecular flexibility index (Phi) is 6.31. The molecule has 0 saturated heterocycles. The van der Waals surface area contributed by atoms with Crippen LogP contribution in [0.1, 0.15) is 33.6 Å². The Hall–Kier alpha value is -2.76. The molecule has 6 heteroatoms. The first-order chi connectivity index (χ1) is 12.7. The SMILES string of the molecule is CC/C=C(\Nc1ccc(OC)cc1)C1=C(O)[C@@H](C(=O)OC)C(C)(C)CC1=O. The maximum Gasteiger partial charge on any atom is 0.316 e. The molecule has 0 heterocycles. The zero-order valence-electron chi connectivity index (χ0n) is 16.5. The van der Waals surface area contributed by atoms with E-state index in [1.165, 1.54) is 7.11 Å². The smallest absolute Gasteiger partial charge is 0.316 e. The van der Waals surface area contributed by atoms with Gasteiger partial charge < -0.3 is 19.9 Å². The van der Waals surface area contributed by atoms with E-state index >= 15 is 0 Å². The Balaban J connectivity index is 2.48. The second kappa shape index (κ2) is 8.29. The van der Waals surface area contributed by atoms with Gasteiger partial charge in [0.1, 0.15) is 17.4 Å². The Morgan fingerprint density at radius 3 is 2.44 bits per heavy atom. The van der Waals surface area contributed by atoms with E-state index in [4.69, 9.17) is 9.47 Å². The van der Waals surface area contributed by atoms with Crippen molar-refractivity contribution < 1.29 is 24.2 Å². The number of carbonyl (C=O) groups is 2. The highest BCUT2D eigenvalue weighted by molar-refractivity contribution is 6.03. The van der Waals surface area contributed by atoms with Crippen LogP contribution in [-0.2, 0) is 14.3 Å². The number of ether oxygens (including phenoxy) is 2. The van der Waals surface area contributed by atoms with Crippen LogP contribution in [0.5, 0.6) is 5.75 Å². The molecule has 6 nitrogen and oxygen atoms in total. The molecule has 0 bridgehead atoms. The normalized spacial score (nSPS) is 19.7. The quantitative estimate of drug-likeness (QED) is 0.733. The largest absolute Gasteiger partial charge is 0.511 e. The maximum absolute atomic E-state index is 12.8. The predicted octanol–water partition coefficient (Wildman–Crippen LogP) is 4.00. The van der Waals surface area contributed by atoms with Crippen LogP contribution in [0.4, 0.5) is 5.69 Å². The van der Waals surface area contributed by atoms with Crippen LogP contribution in [0.2, 0.25) is 0 Å². The van der Waals surface area contributed by atoms with Crippen molar-refractivity contribution in [3.8, 4) is 5.75 Å². The minimum Gasteiger partial charge on any atom is -0.511 e. The van der Waals surface area contributed by atoms with E-state index in [2.05, 4.69) is 5.32 Å². The van der Waals surface area contributed by atoms with Gasteiger partial charge in [-0.2, -0.15) is 0 Å². The lowest BCUT2D eigenvalue weighted by atomic mass is 9.68. The van der Waals surface area contributed by atoms with Crippen molar-refractivity contribution in [3.63, 3.8) is 0 Å². The monoisotopic (exact) mass is 373 g/mol. The van der Waals surface area contributed by atoms with Gasteiger partial charge in [0.15, 0.2) is 5.78 Å². The first-order valence-corrected chi connectivity index (χ1v) is 8.91. The van der Waals surface area contributed by atoms with E-state index in [1.54, 1.807) is 33.1 Å². The van der Waals surface area contributed by atoms with Gasteiger partial charge in [-0.25, -0.2) is 0 Å². The van der Waals surface area contributed by atoms with Crippen molar-refractivity contribution in [2.75, 3.05) is 19.5 Å². The summed E-state index contributed by atoms with van der Waals surface area (Å²) in [6.45, 7) is 5.49. The maximum atomic E-state index is 12.8. The van der Waals surface area contributed by atoms with Gasteiger partial charge in [-0.1, -0.05) is 26.8 Å². The summed E-state index contributed by atoms with van der Waals surface area (Å²) in [6, 6.07) is 7.22. The number of aliphatic hydroxyl groups is 1. The third-order valence-electron chi connectivity index (χ3n) is 4.69. The molecule has 0 spiro atoms. The molecule has 2 N–H and O–H groups in total. The van der Waals surface area contributed by atoms with Gasteiger partial charge in [-0.3, -0.25) is 9.59 Å². The zero-order chi connectivity index (χ0) is 20.2. The fourth-order valence-corrected chi connectivity index (χ4v) is 3.35. The summed E-state index contributed by atoms with van der Waals surface area (Å²) < 4.78 is 10.0. The van der Waals surface area contributed by atoms with Gasteiger partial charge in [0.05, 0.1) is 19.8 Å². The van der Waals surface area contributed by atoms with Gasteiger partial charge in [-0.05, 0) is 36.1 Å². The molecule has 0 saturated carbocycles. The van der Waals surface area contributed by atoms with Crippen molar-refractivity contribution in [3.05, 3.63) is 47.4 Å². The molecule has 1 atom stereocenters. The molecule has 2 rings (SSSR count). The lowest BCUT2D eigenvalue weighted by molar-refractivity contribution is -0.150. The van der Waals surface area contributed by atoms with E-state index in [0.717, 1.165) is 5.69 Å². The summed E-state index contributed by atoms with van der Waals surface area (Å²) in [5, 5.41) is 14.0. The van der Waals surface area contributed by atoms with Crippen LogP contribution in [0, 0.1) is 11.3 Å². The second-order valence-corrected chi connectivity index (χ2v) is 7.18. The molecule has 1 aliphatic carbocycles. The van der Waals surface area contributed by atoms with E-state index in [-0.39, 0.29) is 23.5 Å². The summed E-state index contributed by atoms with van der Waals surface area (Å²) in [7, 11) is 2.86. The molecular formula is C21H27NO5. The van der Waals surface area contributed by atoms with Crippen LogP contribution < -0.4 is 10.1 Å². The molecule has 0 aliphatic heterocycles. The van der Waals surface area contributed by atoms with E-state index in [9.17, 15) is 14.7 Å². The lowest BCUT2D eigenvalue weighted by Gasteiger charge is -2.36. The van der Waals surface area contributed by atoms with Crippen molar-refractivity contribution in [1.82, 2.24) is 0 Å². The summed E-state index contributed by atoms with van der Waals surface area (Å²) in [4.78, 5) is 25.1. The van der Waals surface area contributed by atoms with Crippen molar-refractivity contribution >= 4 is 17.4 Å². The van der Waals surface area contributed by atoms with Gasteiger partial charge in [0.2, 0.25) is 0 Å². The number of carbonyl (C=O) groups excluding carboxylic acids is 2. The molecule has 1 aromatic carbocycles. The molecule has 0 aromatic heterocycles. The third-order valence-corrected chi connectivity index (χ3v) is 4.69. The highest BCUT2D eigenvalue weighted by Crippen LogP contribution is 2.43. The fourth-order valence-electron chi connectivity index (χ4n) is 3.35. The fraction of sp³-hybridized carbons (Fsp3) is 0.429. The number of benzene rings is 1. The van der Waals surface area contributed by atoms with Gasteiger partial charge in [0.25, 0.3) is 0 Å². The number of ketones is 1. The van der Waals surface area contributed by atoms with Crippen molar-refractivity contribution in [2.24, 2.45) is 11.3 Å². The molecule has 146 valence electrons. The molecular weight excluding hydrogens is 346 g/mol. The number of nitrogens with one attached hydrogen (secondary N) is 1. The van der Waals surface area contributed by atoms with Crippen LogP contribution >= 0.6 is 0 Å². The van der Waals surface area contributed by atoms with E-state index < -0.39 is 17.3 Å². The Bertz CT molecular complexity index is 774. The summed E-state index contributed by atoms with van der Waals surface area (Å²) >= 11 is 0. The summed E-state index contributed by atoms with van der Waals surface area (Å²) in [6.07, 6.45) is 2.60. The predicted molar refractivity (Wildman–Crippen MR) is 104 cm³/mol. The summed E-state index contributed by atoms with van der Waals surface area (Å²) in [5.41, 5.74) is 0.634. The highest BCUT2D eigenvalue weighted by Gasteiger charge is 2.47. The Labute approximate surface area is 159 Å². The van der Waals surface area contributed by atoms with Crippen molar-refractivity contribution in [2.45, 2.75) is 33.6 Å². The van der Waals surface area contributed by atoms with Gasteiger partial charge in [0, 0.05) is 17.8 Å². The molecule has 27 heavy (non-hydrogen) atoms. The van der Waals surface area contributed by atoms with Crippen molar-refractivity contribution in [1.29, 1.82) is 0 Å². The number of anilines is 1. The van der Waals surface area contributed by atoms with Gasteiger partial charge in [-0.15, -0.1) is 0 Å².